The number of aryl methyl sites for hydroxylation is 1. The number of benzene rings is 2. The van der Waals surface area contributed by atoms with Gasteiger partial charge in [0.1, 0.15) is 11.6 Å². The summed E-state index contributed by atoms with van der Waals surface area (Å²) in [6, 6.07) is 8.95. The number of ether oxygens (including phenoxy) is 1. The summed E-state index contributed by atoms with van der Waals surface area (Å²) in [6.07, 6.45) is 1.60. The molecule has 0 bridgehead atoms. The molecule has 32 heavy (non-hydrogen) atoms. The highest BCUT2D eigenvalue weighted by Gasteiger charge is 2.32. The molecule has 0 aromatic heterocycles. The van der Waals surface area contributed by atoms with E-state index in [4.69, 9.17) is 9.84 Å². The number of amides is 1. The molecule has 1 saturated heterocycles. The lowest BCUT2D eigenvalue weighted by atomic mass is 9.91. The molecule has 1 heterocycles. The number of aliphatic hydroxyl groups is 1. The van der Waals surface area contributed by atoms with Gasteiger partial charge in [-0.3, -0.25) is 9.69 Å². The Bertz CT molecular complexity index is 941. The van der Waals surface area contributed by atoms with Crippen LogP contribution in [0.25, 0.3) is 0 Å². The summed E-state index contributed by atoms with van der Waals surface area (Å²) in [4.78, 5) is 14.8. The minimum absolute atomic E-state index is 0.152. The van der Waals surface area contributed by atoms with Crippen molar-refractivity contribution in [3.63, 3.8) is 0 Å². The molecule has 1 amide bonds. The number of unbranched alkanes of at least 4 members (excludes halogenated alkanes) is 1. The van der Waals surface area contributed by atoms with Crippen LogP contribution in [0.15, 0.2) is 30.3 Å². The average molecular weight is 443 g/mol. The van der Waals surface area contributed by atoms with Gasteiger partial charge in [0.15, 0.2) is 0 Å². The molecule has 1 aliphatic heterocycles. The van der Waals surface area contributed by atoms with E-state index in [1.54, 1.807) is 13.0 Å². The van der Waals surface area contributed by atoms with Gasteiger partial charge < -0.3 is 15.2 Å². The van der Waals surface area contributed by atoms with Gasteiger partial charge in [-0.05, 0) is 87.1 Å². The first-order chi connectivity index (χ1) is 15.3. The molecule has 3 rings (SSSR count). The topological polar surface area (TPSA) is 61.8 Å². The molecule has 1 fully saturated rings. The minimum Gasteiger partial charge on any atom is -0.493 e. The summed E-state index contributed by atoms with van der Waals surface area (Å²) in [5.74, 6) is 0.882. The van der Waals surface area contributed by atoms with Crippen LogP contribution in [-0.2, 0) is 0 Å². The third kappa shape index (κ3) is 5.67. The number of nitrogens with zero attached hydrogens (tertiary/aromatic N) is 1. The van der Waals surface area contributed by atoms with Crippen molar-refractivity contribution in [3.8, 4) is 5.75 Å². The van der Waals surface area contributed by atoms with Crippen molar-refractivity contribution in [1.82, 2.24) is 10.2 Å². The van der Waals surface area contributed by atoms with Crippen LogP contribution in [0.2, 0.25) is 0 Å². The van der Waals surface area contributed by atoms with E-state index in [0.717, 1.165) is 37.2 Å². The van der Waals surface area contributed by atoms with Crippen molar-refractivity contribution >= 4 is 5.91 Å². The molecule has 174 valence electrons. The number of hydrogen-bond donors (Lipinski definition) is 2. The fraction of sp³-hybridized carbons (Fsp3) is 0.500. The van der Waals surface area contributed by atoms with E-state index in [1.165, 1.54) is 23.3 Å². The molecule has 5 nitrogen and oxygen atoms in total. The van der Waals surface area contributed by atoms with Crippen LogP contribution in [0.1, 0.15) is 58.4 Å². The lowest BCUT2D eigenvalue weighted by Gasteiger charge is -2.44. The second-order valence-corrected chi connectivity index (χ2v) is 8.85. The van der Waals surface area contributed by atoms with E-state index in [1.807, 2.05) is 0 Å². The van der Waals surface area contributed by atoms with Gasteiger partial charge in [0.05, 0.1) is 6.61 Å². The van der Waals surface area contributed by atoms with E-state index in [2.05, 4.69) is 43.1 Å². The molecule has 0 saturated carbocycles. The number of nitrogens with one attached hydrogen (secondary N) is 1. The Labute approximate surface area is 190 Å². The van der Waals surface area contributed by atoms with Gasteiger partial charge >= 0.3 is 0 Å². The van der Waals surface area contributed by atoms with Gasteiger partial charge in [0.25, 0.3) is 5.91 Å². The Hall–Kier alpha value is -2.44. The molecular weight excluding hydrogens is 407 g/mol. The third-order valence-corrected chi connectivity index (χ3v) is 6.54. The fourth-order valence-electron chi connectivity index (χ4n) is 4.20. The van der Waals surface area contributed by atoms with Gasteiger partial charge in [0, 0.05) is 43.8 Å². The largest absolute Gasteiger partial charge is 0.493 e. The van der Waals surface area contributed by atoms with Crippen molar-refractivity contribution in [1.29, 1.82) is 0 Å². The molecule has 2 aromatic carbocycles. The van der Waals surface area contributed by atoms with Crippen LogP contribution in [0, 0.1) is 32.5 Å². The lowest BCUT2D eigenvalue weighted by molar-refractivity contribution is 0.0569. The third-order valence-electron chi connectivity index (χ3n) is 6.54. The molecule has 1 atom stereocenters. The number of halogens is 1. The first-order valence-corrected chi connectivity index (χ1v) is 11.4. The molecule has 6 heteroatoms. The van der Waals surface area contributed by atoms with Gasteiger partial charge in [-0.25, -0.2) is 4.39 Å². The smallest absolute Gasteiger partial charge is 0.251 e. The number of carbonyl (C=O) groups is 1. The first kappa shape index (κ1) is 24.2. The average Bonchev–Trinajstić information content (AvgIpc) is 2.74. The summed E-state index contributed by atoms with van der Waals surface area (Å²) in [6.45, 7) is 11.4. The highest BCUT2D eigenvalue weighted by atomic mass is 19.1. The summed E-state index contributed by atoms with van der Waals surface area (Å²) in [7, 11) is 0. The molecule has 2 aromatic rings. The number of hydrogen-bond acceptors (Lipinski definition) is 4. The number of likely N-dealkylation sites (tertiary alicyclic amines) is 1. The summed E-state index contributed by atoms with van der Waals surface area (Å²) in [5, 5.41) is 11.9. The minimum atomic E-state index is -0.294. The van der Waals surface area contributed by atoms with Crippen molar-refractivity contribution in [2.45, 2.75) is 46.6 Å². The van der Waals surface area contributed by atoms with Crippen molar-refractivity contribution in [2.75, 3.05) is 32.8 Å². The van der Waals surface area contributed by atoms with Crippen LogP contribution in [0.4, 0.5) is 4.39 Å². The zero-order valence-corrected chi connectivity index (χ0v) is 19.6. The molecule has 1 unspecified atom stereocenters. The van der Waals surface area contributed by atoms with Crippen LogP contribution in [0.3, 0.4) is 0 Å². The summed E-state index contributed by atoms with van der Waals surface area (Å²) in [5.41, 5.74) is 4.69. The zero-order valence-electron chi connectivity index (χ0n) is 19.6. The van der Waals surface area contributed by atoms with Gasteiger partial charge in [-0.15, -0.1) is 0 Å². The predicted octanol–water partition coefficient (Wildman–Crippen LogP) is 4.33. The van der Waals surface area contributed by atoms with Crippen molar-refractivity contribution in [3.05, 3.63) is 64.0 Å². The fourth-order valence-corrected chi connectivity index (χ4v) is 4.20. The van der Waals surface area contributed by atoms with E-state index in [0.29, 0.717) is 36.2 Å². The maximum Gasteiger partial charge on any atom is 0.251 e. The Balaban J connectivity index is 1.49. The SMILES string of the molecule is Cc1cc(C(=O)NCC2CN(C(C)c3ccc(OCCCCO)c(C)c3C)C2)ccc1F. The standard InChI is InChI=1S/C26H35FN2O3/c1-17-13-22(7-9-24(17)27)26(31)28-14-21-15-29(16-21)20(4)23-8-10-25(19(3)18(23)2)32-12-6-5-11-30/h7-10,13,20-21,30H,5-6,11-12,14-16H2,1-4H3,(H,28,31). The van der Waals surface area contributed by atoms with E-state index in [-0.39, 0.29) is 18.3 Å². The molecular formula is C26H35FN2O3. The monoisotopic (exact) mass is 442 g/mol. The quantitative estimate of drug-likeness (QED) is 0.538. The van der Waals surface area contributed by atoms with Gasteiger partial charge in [-0.1, -0.05) is 6.07 Å². The Morgan fingerprint density at radius 2 is 1.94 bits per heavy atom. The molecule has 0 aliphatic carbocycles. The van der Waals surface area contributed by atoms with Gasteiger partial charge in [-0.2, -0.15) is 0 Å². The maximum atomic E-state index is 13.4. The summed E-state index contributed by atoms with van der Waals surface area (Å²) < 4.78 is 19.3. The van der Waals surface area contributed by atoms with Crippen molar-refractivity contribution in [2.24, 2.45) is 5.92 Å². The molecule has 0 radical (unpaired) electrons. The zero-order chi connectivity index (χ0) is 23.3. The summed E-state index contributed by atoms with van der Waals surface area (Å²) >= 11 is 0. The Kier molecular flexibility index (Phi) is 8.26. The van der Waals surface area contributed by atoms with Gasteiger partial charge in [0.2, 0.25) is 0 Å². The van der Waals surface area contributed by atoms with Crippen LogP contribution >= 0.6 is 0 Å². The van der Waals surface area contributed by atoms with E-state index in [9.17, 15) is 9.18 Å². The molecule has 2 N–H and O–H groups in total. The number of carbonyl (C=O) groups excluding carboxylic acids is 1. The Morgan fingerprint density at radius 1 is 1.19 bits per heavy atom. The van der Waals surface area contributed by atoms with Crippen LogP contribution in [0.5, 0.6) is 5.75 Å². The van der Waals surface area contributed by atoms with E-state index >= 15 is 0 Å². The lowest BCUT2D eigenvalue weighted by Crippen LogP contribution is -2.52. The second kappa shape index (κ2) is 10.9. The number of aliphatic hydroxyl groups excluding tert-OH is 1. The predicted molar refractivity (Wildman–Crippen MR) is 125 cm³/mol. The Morgan fingerprint density at radius 3 is 2.62 bits per heavy atom. The highest BCUT2D eigenvalue weighted by Crippen LogP contribution is 2.34. The molecule has 0 spiro atoms. The second-order valence-electron chi connectivity index (χ2n) is 8.85. The van der Waals surface area contributed by atoms with Crippen LogP contribution < -0.4 is 10.1 Å². The highest BCUT2D eigenvalue weighted by molar-refractivity contribution is 5.94. The first-order valence-electron chi connectivity index (χ1n) is 11.4. The maximum absolute atomic E-state index is 13.4. The van der Waals surface area contributed by atoms with E-state index < -0.39 is 0 Å². The normalized spacial score (nSPS) is 15.3. The van der Waals surface area contributed by atoms with Crippen molar-refractivity contribution < 1.29 is 19.0 Å². The molecule has 1 aliphatic rings. The van der Waals surface area contributed by atoms with Crippen LogP contribution in [-0.4, -0.2) is 48.8 Å². The number of rotatable bonds is 10.